The van der Waals surface area contributed by atoms with E-state index in [-0.39, 0.29) is 5.91 Å². The van der Waals surface area contributed by atoms with Gasteiger partial charge in [0.05, 0.1) is 18.6 Å². The van der Waals surface area contributed by atoms with E-state index in [1.807, 2.05) is 41.4 Å². The molecule has 1 aromatic heterocycles. The third-order valence-electron chi connectivity index (χ3n) is 7.63. The van der Waals surface area contributed by atoms with Gasteiger partial charge < -0.3 is 20.1 Å². The van der Waals surface area contributed by atoms with Crippen LogP contribution in [0.25, 0.3) is 10.8 Å². The van der Waals surface area contributed by atoms with Gasteiger partial charge in [-0.25, -0.2) is 4.98 Å². The van der Waals surface area contributed by atoms with E-state index in [2.05, 4.69) is 50.5 Å². The number of nitrogens with one attached hydrogen (secondary N) is 2. The van der Waals surface area contributed by atoms with E-state index >= 15 is 0 Å². The zero-order valence-corrected chi connectivity index (χ0v) is 20.6. The topological polar surface area (TPSA) is 64.3 Å². The zero-order chi connectivity index (χ0) is 24.3. The molecule has 1 saturated carbocycles. The van der Waals surface area contributed by atoms with Gasteiger partial charge in [-0.1, -0.05) is 61.7 Å². The largest absolute Gasteiger partial charge is 0.382 e. The summed E-state index contributed by atoms with van der Waals surface area (Å²) in [5, 5.41) is 5.89. The molecule has 1 fully saturated rings. The first-order chi connectivity index (χ1) is 17.7. The minimum absolute atomic E-state index is 0.0885. The van der Waals surface area contributed by atoms with Gasteiger partial charge in [0, 0.05) is 48.8 Å². The second kappa shape index (κ2) is 10.1. The number of anilines is 2. The molecule has 6 nitrogen and oxygen atoms in total. The molecule has 4 aromatic rings. The van der Waals surface area contributed by atoms with Crippen LogP contribution in [0.15, 0.2) is 73.2 Å². The number of benzene rings is 3. The van der Waals surface area contributed by atoms with Crippen LogP contribution in [0.2, 0.25) is 0 Å². The molecular weight excluding hydrogens is 446 g/mol. The molecule has 0 atom stereocenters. The predicted molar refractivity (Wildman–Crippen MR) is 145 cm³/mol. The minimum atomic E-state index is 0.0885. The van der Waals surface area contributed by atoms with E-state index < -0.39 is 0 Å². The Kier molecular flexibility index (Phi) is 6.33. The average molecular weight is 480 g/mol. The minimum Gasteiger partial charge on any atom is -0.382 e. The maximum absolute atomic E-state index is 13.8. The first-order valence-electron chi connectivity index (χ1n) is 13.1. The van der Waals surface area contributed by atoms with Crippen molar-refractivity contribution in [2.75, 3.05) is 23.3 Å². The highest BCUT2D eigenvalue weighted by Gasteiger charge is 2.26. The van der Waals surface area contributed by atoms with Crippen LogP contribution in [-0.4, -0.2) is 39.9 Å². The summed E-state index contributed by atoms with van der Waals surface area (Å²) in [6.45, 7) is 2.75. The van der Waals surface area contributed by atoms with Gasteiger partial charge in [-0.3, -0.25) is 4.79 Å². The number of amides is 1. The Balaban J connectivity index is 1.31. The lowest BCUT2D eigenvalue weighted by Gasteiger charge is -2.27. The summed E-state index contributed by atoms with van der Waals surface area (Å²) >= 11 is 0. The van der Waals surface area contributed by atoms with Gasteiger partial charge in [0.25, 0.3) is 5.91 Å². The van der Waals surface area contributed by atoms with Crippen LogP contribution >= 0.6 is 0 Å². The Morgan fingerprint density at radius 2 is 1.86 bits per heavy atom. The Labute approximate surface area is 212 Å². The first kappa shape index (κ1) is 22.7. The third-order valence-corrected chi connectivity index (χ3v) is 7.63. The fourth-order valence-corrected chi connectivity index (χ4v) is 5.71. The number of aromatic nitrogens is 2. The number of hydrogen-bond donors (Lipinski definition) is 2. The Bertz CT molecular complexity index is 1340. The highest BCUT2D eigenvalue weighted by atomic mass is 16.2. The summed E-state index contributed by atoms with van der Waals surface area (Å²) in [7, 11) is 0. The number of carbonyl (C=O) groups excluding carboxylic acids is 1. The van der Waals surface area contributed by atoms with Crippen LogP contribution in [0, 0.1) is 0 Å². The number of imidazole rings is 1. The van der Waals surface area contributed by atoms with Crippen molar-refractivity contribution in [3.8, 4) is 0 Å². The highest BCUT2D eigenvalue weighted by molar-refractivity contribution is 6.07. The second-order valence-electron chi connectivity index (χ2n) is 10.1. The molecule has 0 unspecified atom stereocenters. The molecule has 184 valence electrons. The molecule has 6 rings (SSSR count). The lowest BCUT2D eigenvalue weighted by atomic mass is 9.95. The summed E-state index contributed by atoms with van der Waals surface area (Å²) < 4.78 is 0. The number of fused-ring (bicyclic) bond motifs is 2. The van der Waals surface area contributed by atoms with Crippen molar-refractivity contribution in [1.29, 1.82) is 0 Å². The summed E-state index contributed by atoms with van der Waals surface area (Å²) in [6.07, 6.45) is 10.0. The molecule has 3 aromatic carbocycles. The van der Waals surface area contributed by atoms with E-state index in [1.165, 1.54) is 49.0 Å². The van der Waals surface area contributed by atoms with Gasteiger partial charge in [0.1, 0.15) is 0 Å². The van der Waals surface area contributed by atoms with Crippen LogP contribution in [-0.2, 0) is 13.1 Å². The lowest BCUT2D eigenvalue weighted by Crippen LogP contribution is -2.35. The summed E-state index contributed by atoms with van der Waals surface area (Å²) in [5.74, 6) is 0.0885. The van der Waals surface area contributed by atoms with Crippen LogP contribution in [0.5, 0.6) is 0 Å². The first-order valence-corrected chi connectivity index (χ1v) is 13.1. The lowest BCUT2D eigenvalue weighted by molar-refractivity contribution is 0.0753. The Hall–Kier alpha value is -3.80. The second-order valence-corrected chi connectivity index (χ2v) is 10.1. The molecule has 36 heavy (non-hydrogen) atoms. The van der Waals surface area contributed by atoms with Gasteiger partial charge in [-0.2, -0.15) is 0 Å². The third kappa shape index (κ3) is 4.68. The molecule has 0 spiro atoms. The SMILES string of the molecule is O=C(c1cccc2ccccc12)N1CCN(Cc2cnc[nH]2)c2cc(NC3CCCCC3)ccc2C1. The Morgan fingerprint density at radius 1 is 1.00 bits per heavy atom. The number of hydrogen-bond acceptors (Lipinski definition) is 4. The van der Waals surface area contributed by atoms with Crippen LogP contribution in [0.4, 0.5) is 11.4 Å². The molecule has 2 heterocycles. The monoisotopic (exact) mass is 479 g/mol. The van der Waals surface area contributed by atoms with Gasteiger partial charge in [-0.05, 0) is 47.4 Å². The van der Waals surface area contributed by atoms with Crippen LogP contribution in [0.3, 0.4) is 0 Å². The van der Waals surface area contributed by atoms with Gasteiger partial charge in [0.15, 0.2) is 0 Å². The molecule has 0 bridgehead atoms. The maximum Gasteiger partial charge on any atom is 0.254 e. The van der Waals surface area contributed by atoms with Crippen molar-refractivity contribution < 1.29 is 4.79 Å². The van der Waals surface area contributed by atoms with E-state index in [4.69, 9.17) is 0 Å². The molecule has 2 N–H and O–H groups in total. The van der Waals surface area contributed by atoms with Crippen molar-refractivity contribution in [1.82, 2.24) is 14.9 Å². The molecule has 2 aliphatic rings. The van der Waals surface area contributed by atoms with Crippen molar-refractivity contribution in [3.05, 3.63) is 90.0 Å². The average Bonchev–Trinajstić information content (AvgIpc) is 3.37. The Morgan fingerprint density at radius 3 is 2.72 bits per heavy atom. The van der Waals surface area contributed by atoms with Gasteiger partial charge in [0.2, 0.25) is 0 Å². The van der Waals surface area contributed by atoms with E-state index in [0.717, 1.165) is 35.1 Å². The van der Waals surface area contributed by atoms with Crippen molar-refractivity contribution in [2.24, 2.45) is 0 Å². The summed E-state index contributed by atoms with van der Waals surface area (Å²) in [5.41, 5.74) is 5.38. The predicted octanol–water partition coefficient (Wildman–Crippen LogP) is 5.97. The molecule has 1 aliphatic heterocycles. The van der Waals surface area contributed by atoms with E-state index in [0.29, 0.717) is 19.1 Å². The fraction of sp³-hybridized carbons (Fsp3) is 0.333. The van der Waals surface area contributed by atoms with Crippen molar-refractivity contribution in [2.45, 2.75) is 51.2 Å². The highest BCUT2D eigenvalue weighted by Crippen LogP contribution is 2.32. The smallest absolute Gasteiger partial charge is 0.254 e. The quantitative estimate of drug-likeness (QED) is 0.370. The normalized spacial score (nSPS) is 16.6. The molecule has 1 amide bonds. The molecule has 1 aliphatic carbocycles. The van der Waals surface area contributed by atoms with E-state index in [1.54, 1.807) is 6.33 Å². The summed E-state index contributed by atoms with van der Waals surface area (Å²) in [6, 6.07) is 21.4. The fourth-order valence-electron chi connectivity index (χ4n) is 5.71. The standard InChI is InChI=1S/C30H33N5O/c36-30(28-12-6-8-22-7-4-5-11-27(22)28)35-16-15-34(20-26-18-31-21-32-26)29-17-25(14-13-23(29)19-35)33-24-9-2-1-3-10-24/h4-8,11-14,17-18,21,24,33H,1-3,9-10,15-16,19-20H2,(H,31,32). The number of aromatic amines is 1. The molecule has 0 radical (unpaired) electrons. The van der Waals surface area contributed by atoms with Gasteiger partial charge >= 0.3 is 0 Å². The molecule has 0 saturated heterocycles. The van der Waals surface area contributed by atoms with Crippen LogP contribution < -0.4 is 10.2 Å². The number of rotatable bonds is 5. The number of H-pyrrole nitrogens is 1. The molecule has 6 heteroatoms. The van der Waals surface area contributed by atoms with Gasteiger partial charge in [-0.15, -0.1) is 0 Å². The number of carbonyl (C=O) groups is 1. The van der Waals surface area contributed by atoms with Crippen molar-refractivity contribution in [3.63, 3.8) is 0 Å². The summed E-state index contributed by atoms with van der Waals surface area (Å²) in [4.78, 5) is 25.7. The van der Waals surface area contributed by atoms with Crippen molar-refractivity contribution >= 4 is 28.1 Å². The zero-order valence-electron chi connectivity index (χ0n) is 20.6. The number of nitrogens with zero attached hydrogens (tertiary/aromatic N) is 3. The maximum atomic E-state index is 13.8. The molecular formula is C30H33N5O. The van der Waals surface area contributed by atoms with E-state index in [9.17, 15) is 4.79 Å². The van der Waals surface area contributed by atoms with Crippen LogP contribution in [0.1, 0.15) is 53.7 Å².